The molecule has 0 amide bonds. The van der Waals surface area contributed by atoms with Gasteiger partial charge in [0.2, 0.25) is 0 Å². The summed E-state index contributed by atoms with van der Waals surface area (Å²) in [4.78, 5) is 0. The molecule has 23 heavy (non-hydrogen) atoms. The molecule has 0 bridgehead atoms. The quantitative estimate of drug-likeness (QED) is 0.891. The van der Waals surface area contributed by atoms with Crippen molar-refractivity contribution >= 4 is 0 Å². The van der Waals surface area contributed by atoms with Crippen molar-refractivity contribution in [1.82, 2.24) is 0 Å². The Labute approximate surface area is 138 Å². The first-order valence-corrected chi connectivity index (χ1v) is 7.89. The summed E-state index contributed by atoms with van der Waals surface area (Å²) in [5.74, 6) is 1.03. The number of nitrogens with two attached hydrogens (primary N) is 2. The van der Waals surface area contributed by atoms with Crippen molar-refractivity contribution in [2.45, 2.75) is 32.9 Å². The number of fused-ring (bicyclic) bond motifs is 1. The first kappa shape index (κ1) is 18.7. The predicted molar refractivity (Wildman–Crippen MR) is 93.9 cm³/mol. The molecule has 4 heteroatoms. The van der Waals surface area contributed by atoms with E-state index in [1.54, 1.807) is 0 Å². The molecule has 0 aromatic heterocycles. The fourth-order valence-electron chi connectivity index (χ4n) is 2.10. The van der Waals surface area contributed by atoms with Crippen molar-refractivity contribution in [3.8, 4) is 11.8 Å². The monoisotopic (exact) mass is 311 g/mol. The Hall–Kier alpha value is -2.35. The zero-order chi connectivity index (χ0) is 17.1. The number of hydrogen-bond donors (Lipinski definition) is 2. The van der Waals surface area contributed by atoms with E-state index in [0.29, 0.717) is 6.54 Å². The Morgan fingerprint density at radius 2 is 1.87 bits per heavy atom. The van der Waals surface area contributed by atoms with Gasteiger partial charge in [-0.2, -0.15) is 5.26 Å². The summed E-state index contributed by atoms with van der Waals surface area (Å²) in [6.45, 7) is 5.44. The van der Waals surface area contributed by atoms with Gasteiger partial charge >= 0.3 is 0 Å². The van der Waals surface area contributed by atoms with E-state index in [1.807, 2.05) is 62.4 Å². The third-order valence-electron chi connectivity index (χ3n) is 3.29. The highest BCUT2D eigenvalue weighted by Gasteiger charge is 2.10. The molecule has 3 rings (SSSR count). The van der Waals surface area contributed by atoms with Gasteiger partial charge in [0.15, 0.2) is 0 Å². The zero-order valence-electron chi connectivity index (χ0n) is 13.8. The van der Waals surface area contributed by atoms with Gasteiger partial charge in [-0.15, -0.1) is 0 Å². The highest BCUT2D eigenvalue weighted by Crippen LogP contribution is 2.25. The standard InChI is InChI=1S/C9H11NO.C8H8N2.C2H6/c10-6-7-1-2-9-8(5-7)3-4-11-9;9-6-8(10)7-4-2-1-3-5-7;1-2/h1-2,5H,3-4,6,10H2;1-5,8H,10H2;1-2H3. The number of rotatable bonds is 2. The van der Waals surface area contributed by atoms with Crippen LogP contribution in [0.4, 0.5) is 0 Å². The van der Waals surface area contributed by atoms with Crippen LogP contribution in [0.15, 0.2) is 48.5 Å². The van der Waals surface area contributed by atoms with Gasteiger partial charge in [-0.3, -0.25) is 0 Å². The van der Waals surface area contributed by atoms with E-state index >= 15 is 0 Å². The molecule has 1 atom stereocenters. The van der Waals surface area contributed by atoms with E-state index < -0.39 is 6.04 Å². The second-order valence-electron chi connectivity index (χ2n) is 4.76. The fourth-order valence-corrected chi connectivity index (χ4v) is 2.10. The minimum atomic E-state index is -0.485. The highest BCUT2D eigenvalue weighted by molar-refractivity contribution is 5.39. The lowest BCUT2D eigenvalue weighted by Crippen LogP contribution is -2.06. The van der Waals surface area contributed by atoms with Crippen molar-refractivity contribution in [3.63, 3.8) is 0 Å². The van der Waals surface area contributed by atoms with Crippen molar-refractivity contribution in [2.24, 2.45) is 11.5 Å². The van der Waals surface area contributed by atoms with Gasteiger partial charge in [0, 0.05) is 13.0 Å². The predicted octanol–water partition coefficient (Wildman–Crippen LogP) is 3.32. The van der Waals surface area contributed by atoms with Crippen molar-refractivity contribution in [2.75, 3.05) is 6.61 Å². The fraction of sp³-hybridized carbons (Fsp3) is 0.316. The first-order chi connectivity index (χ1) is 11.2. The summed E-state index contributed by atoms with van der Waals surface area (Å²) in [5, 5.41) is 8.41. The molecular weight excluding hydrogens is 286 g/mol. The molecule has 0 saturated carbocycles. The molecule has 0 aliphatic carbocycles. The largest absolute Gasteiger partial charge is 0.493 e. The minimum absolute atomic E-state index is 0.485. The van der Waals surface area contributed by atoms with Gasteiger partial charge in [-0.1, -0.05) is 56.3 Å². The van der Waals surface area contributed by atoms with E-state index in [1.165, 1.54) is 11.1 Å². The summed E-state index contributed by atoms with van der Waals surface area (Å²) >= 11 is 0. The maximum atomic E-state index is 8.41. The minimum Gasteiger partial charge on any atom is -0.493 e. The summed E-state index contributed by atoms with van der Waals surface area (Å²) in [5.41, 5.74) is 14.3. The van der Waals surface area contributed by atoms with Crippen LogP contribution in [0.5, 0.6) is 5.75 Å². The molecule has 4 nitrogen and oxygen atoms in total. The van der Waals surface area contributed by atoms with Gasteiger partial charge in [0.25, 0.3) is 0 Å². The SMILES string of the molecule is CC.N#CC(N)c1ccccc1.NCc1ccc2c(c1)CCO2. The molecule has 0 fully saturated rings. The average molecular weight is 311 g/mol. The van der Waals surface area contributed by atoms with Gasteiger partial charge in [0.05, 0.1) is 12.7 Å². The van der Waals surface area contributed by atoms with Crippen LogP contribution in [0.1, 0.15) is 36.6 Å². The molecule has 0 saturated heterocycles. The number of benzene rings is 2. The summed E-state index contributed by atoms with van der Waals surface area (Å²) < 4.78 is 5.36. The number of ether oxygens (including phenoxy) is 1. The summed E-state index contributed by atoms with van der Waals surface area (Å²) in [6, 6.07) is 16.9. The Morgan fingerprint density at radius 1 is 1.17 bits per heavy atom. The van der Waals surface area contributed by atoms with E-state index in [-0.39, 0.29) is 0 Å². The maximum Gasteiger partial charge on any atom is 0.122 e. The molecule has 2 aromatic rings. The van der Waals surface area contributed by atoms with E-state index in [0.717, 1.165) is 24.3 Å². The van der Waals surface area contributed by atoms with E-state index in [2.05, 4.69) is 6.07 Å². The van der Waals surface area contributed by atoms with Crippen LogP contribution in [0.3, 0.4) is 0 Å². The Bertz CT molecular complexity index is 620. The second kappa shape index (κ2) is 10.4. The Balaban J connectivity index is 0.000000209. The van der Waals surface area contributed by atoms with Gasteiger partial charge < -0.3 is 16.2 Å². The molecule has 1 heterocycles. The van der Waals surface area contributed by atoms with Gasteiger partial charge in [0.1, 0.15) is 11.8 Å². The first-order valence-electron chi connectivity index (χ1n) is 7.89. The lowest BCUT2D eigenvalue weighted by Gasteiger charge is -2.00. The second-order valence-corrected chi connectivity index (χ2v) is 4.76. The van der Waals surface area contributed by atoms with Crippen LogP contribution >= 0.6 is 0 Å². The number of hydrogen-bond acceptors (Lipinski definition) is 4. The average Bonchev–Trinajstić information content (AvgIpc) is 3.11. The summed E-state index contributed by atoms with van der Waals surface area (Å²) in [6.07, 6.45) is 1.03. The third-order valence-corrected chi connectivity index (χ3v) is 3.29. The molecular formula is C19H25N3O. The van der Waals surface area contributed by atoms with Crippen molar-refractivity contribution in [1.29, 1.82) is 5.26 Å². The van der Waals surface area contributed by atoms with Gasteiger partial charge in [-0.25, -0.2) is 0 Å². The topological polar surface area (TPSA) is 85.1 Å². The van der Waals surface area contributed by atoms with Crippen LogP contribution in [-0.4, -0.2) is 6.61 Å². The van der Waals surface area contributed by atoms with Crippen LogP contribution in [0.25, 0.3) is 0 Å². The van der Waals surface area contributed by atoms with E-state index in [9.17, 15) is 0 Å². The zero-order valence-corrected chi connectivity index (χ0v) is 13.8. The molecule has 0 spiro atoms. The smallest absolute Gasteiger partial charge is 0.122 e. The molecule has 1 unspecified atom stereocenters. The lowest BCUT2D eigenvalue weighted by molar-refractivity contribution is 0.357. The number of nitrogens with zero attached hydrogens (tertiary/aromatic N) is 1. The molecule has 122 valence electrons. The van der Waals surface area contributed by atoms with Crippen LogP contribution in [-0.2, 0) is 13.0 Å². The maximum absolute atomic E-state index is 8.41. The molecule has 4 N–H and O–H groups in total. The van der Waals surface area contributed by atoms with Gasteiger partial charge in [-0.05, 0) is 22.8 Å². The Kier molecular flexibility index (Phi) is 8.45. The summed E-state index contributed by atoms with van der Waals surface area (Å²) in [7, 11) is 0. The van der Waals surface area contributed by atoms with Crippen LogP contribution < -0.4 is 16.2 Å². The van der Waals surface area contributed by atoms with Crippen molar-refractivity contribution in [3.05, 3.63) is 65.2 Å². The Morgan fingerprint density at radius 3 is 2.48 bits per heavy atom. The molecule has 2 aromatic carbocycles. The molecule has 0 radical (unpaired) electrons. The van der Waals surface area contributed by atoms with E-state index in [4.69, 9.17) is 21.5 Å². The van der Waals surface area contributed by atoms with Crippen LogP contribution in [0, 0.1) is 11.3 Å². The van der Waals surface area contributed by atoms with Crippen LogP contribution in [0.2, 0.25) is 0 Å². The normalized spacial score (nSPS) is 12.3. The lowest BCUT2D eigenvalue weighted by atomic mass is 10.1. The molecule has 1 aliphatic rings. The number of nitriles is 1. The van der Waals surface area contributed by atoms with Crippen molar-refractivity contribution < 1.29 is 4.74 Å². The molecule has 1 aliphatic heterocycles. The third kappa shape index (κ3) is 5.74. The highest BCUT2D eigenvalue weighted by atomic mass is 16.5.